The molecule has 0 aliphatic rings. The van der Waals surface area contributed by atoms with E-state index in [0.29, 0.717) is 0 Å². The normalized spacial score (nSPS) is 11.9. The predicted octanol–water partition coefficient (Wildman–Crippen LogP) is 16.3. The number of para-hydroxylation sites is 4. The van der Waals surface area contributed by atoms with Gasteiger partial charge in [0, 0.05) is 32.9 Å². The van der Waals surface area contributed by atoms with Gasteiger partial charge >= 0.3 is 0 Å². The quantitative estimate of drug-likeness (QED) is 0.154. The maximum Gasteiger partial charge on any atom is 0.0541 e. The Balaban J connectivity index is 1.14. The molecule has 11 aromatic carbocycles. The number of hydrogen-bond acceptors (Lipinski definition) is 0. The summed E-state index contributed by atoms with van der Waals surface area (Å²) in [5, 5.41) is 12.4. The molecule has 0 N–H and O–H groups in total. The molecule has 2 heterocycles. The van der Waals surface area contributed by atoms with Crippen LogP contribution in [0, 0.1) is 0 Å². The SMILES string of the molecule is c1ccc(-c2ccc3cc(-c4c5ccc(-n6c7ccccc7c7ccccc76)cc5c(-c5ccccc5)c5ccc(-n6c7ccccc7c7ccccc76)cc45)ccc3c2)cc1. The third kappa shape index (κ3) is 5.23. The molecule has 0 aliphatic heterocycles. The van der Waals surface area contributed by atoms with E-state index in [1.54, 1.807) is 0 Å². The molecule has 62 heavy (non-hydrogen) atoms. The van der Waals surface area contributed by atoms with Crippen molar-refractivity contribution in [2.75, 3.05) is 0 Å². The highest BCUT2D eigenvalue weighted by atomic mass is 15.0. The van der Waals surface area contributed by atoms with Crippen LogP contribution in [0.5, 0.6) is 0 Å². The molecule has 0 bridgehead atoms. The molecule has 2 aromatic heterocycles. The van der Waals surface area contributed by atoms with Crippen LogP contribution in [0.25, 0.3) is 121 Å². The van der Waals surface area contributed by atoms with Crippen LogP contribution < -0.4 is 0 Å². The molecule has 0 aliphatic carbocycles. The number of hydrogen-bond donors (Lipinski definition) is 0. The molecule has 0 fully saturated rings. The van der Waals surface area contributed by atoms with Crippen LogP contribution in [0.2, 0.25) is 0 Å². The molecule has 288 valence electrons. The summed E-state index contributed by atoms with van der Waals surface area (Å²) in [7, 11) is 0. The molecular formula is C60H38N2. The van der Waals surface area contributed by atoms with Gasteiger partial charge in [-0.05, 0) is 126 Å². The van der Waals surface area contributed by atoms with E-state index in [0.717, 1.165) is 11.4 Å². The smallest absolute Gasteiger partial charge is 0.0541 e. The van der Waals surface area contributed by atoms with Gasteiger partial charge in [0.25, 0.3) is 0 Å². The van der Waals surface area contributed by atoms with E-state index >= 15 is 0 Å². The van der Waals surface area contributed by atoms with Gasteiger partial charge in [0.05, 0.1) is 22.1 Å². The van der Waals surface area contributed by atoms with Gasteiger partial charge in [0.2, 0.25) is 0 Å². The topological polar surface area (TPSA) is 9.86 Å². The van der Waals surface area contributed by atoms with Crippen LogP contribution in [0.15, 0.2) is 231 Å². The average Bonchev–Trinajstić information content (AvgIpc) is 3.86. The van der Waals surface area contributed by atoms with E-state index < -0.39 is 0 Å². The summed E-state index contributed by atoms with van der Waals surface area (Å²) in [6.45, 7) is 0. The largest absolute Gasteiger partial charge is 0.309 e. The second-order valence-electron chi connectivity index (χ2n) is 16.5. The van der Waals surface area contributed by atoms with Gasteiger partial charge in [-0.25, -0.2) is 0 Å². The molecule has 2 heteroatoms. The second-order valence-corrected chi connectivity index (χ2v) is 16.5. The van der Waals surface area contributed by atoms with Crippen molar-refractivity contribution in [2.24, 2.45) is 0 Å². The Hall–Kier alpha value is -8.20. The van der Waals surface area contributed by atoms with Crippen LogP contribution in [-0.4, -0.2) is 9.13 Å². The van der Waals surface area contributed by atoms with Crippen molar-refractivity contribution in [3.05, 3.63) is 231 Å². The lowest BCUT2D eigenvalue weighted by Gasteiger charge is -2.21. The number of benzene rings is 11. The third-order valence-electron chi connectivity index (χ3n) is 13.1. The van der Waals surface area contributed by atoms with Crippen LogP contribution >= 0.6 is 0 Å². The lowest BCUT2D eigenvalue weighted by Crippen LogP contribution is -1.98. The Labute approximate surface area is 358 Å². The summed E-state index contributed by atoms with van der Waals surface area (Å²) >= 11 is 0. The minimum absolute atomic E-state index is 1.14. The van der Waals surface area contributed by atoms with Crippen LogP contribution in [-0.2, 0) is 0 Å². The summed E-state index contributed by atoms with van der Waals surface area (Å²) in [5.74, 6) is 0. The van der Waals surface area contributed by atoms with Crippen molar-refractivity contribution in [3.8, 4) is 44.8 Å². The second kappa shape index (κ2) is 13.7. The Morgan fingerprint density at radius 1 is 0.210 bits per heavy atom. The Morgan fingerprint density at radius 3 is 1.05 bits per heavy atom. The molecule has 13 aromatic rings. The van der Waals surface area contributed by atoms with Gasteiger partial charge in [-0.1, -0.05) is 170 Å². The van der Waals surface area contributed by atoms with Gasteiger partial charge in [-0.2, -0.15) is 0 Å². The van der Waals surface area contributed by atoms with Crippen molar-refractivity contribution < 1.29 is 0 Å². The number of rotatable bonds is 5. The highest BCUT2D eigenvalue weighted by Crippen LogP contribution is 2.47. The summed E-state index contributed by atoms with van der Waals surface area (Å²) < 4.78 is 4.88. The van der Waals surface area contributed by atoms with Crippen molar-refractivity contribution >= 4 is 75.9 Å². The average molecular weight is 787 g/mol. The predicted molar refractivity (Wildman–Crippen MR) is 264 cm³/mol. The van der Waals surface area contributed by atoms with Crippen molar-refractivity contribution in [2.45, 2.75) is 0 Å². The summed E-state index contributed by atoms with van der Waals surface area (Å²) in [6, 6.07) is 85.0. The molecular weight excluding hydrogens is 749 g/mol. The first-order valence-electron chi connectivity index (χ1n) is 21.4. The van der Waals surface area contributed by atoms with Crippen molar-refractivity contribution in [1.29, 1.82) is 0 Å². The van der Waals surface area contributed by atoms with E-state index in [1.165, 1.54) is 109 Å². The van der Waals surface area contributed by atoms with E-state index in [1.807, 2.05) is 0 Å². The first-order chi connectivity index (χ1) is 30.8. The third-order valence-corrected chi connectivity index (χ3v) is 13.1. The maximum atomic E-state index is 2.44. The summed E-state index contributed by atoms with van der Waals surface area (Å²) in [5.41, 5.74) is 14.4. The fourth-order valence-electron chi connectivity index (χ4n) is 10.3. The minimum Gasteiger partial charge on any atom is -0.309 e. The monoisotopic (exact) mass is 786 g/mol. The van der Waals surface area contributed by atoms with E-state index in [4.69, 9.17) is 0 Å². The first kappa shape index (κ1) is 34.6. The molecule has 0 radical (unpaired) electrons. The van der Waals surface area contributed by atoms with Crippen LogP contribution in [0.4, 0.5) is 0 Å². The Bertz CT molecular complexity index is 3800. The molecule has 0 amide bonds. The van der Waals surface area contributed by atoms with Crippen molar-refractivity contribution in [3.63, 3.8) is 0 Å². The number of fused-ring (bicyclic) bond motifs is 9. The van der Waals surface area contributed by atoms with Gasteiger partial charge in [-0.3, -0.25) is 0 Å². The minimum atomic E-state index is 1.14. The lowest BCUT2D eigenvalue weighted by molar-refractivity contribution is 1.18. The molecule has 2 nitrogen and oxygen atoms in total. The zero-order chi connectivity index (χ0) is 40.7. The van der Waals surface area contributed by atoms with Crippen LogP contribution in [0.3, 0.4) is 0 Å². The Kier molecular flexibility index (Phi) is 7.64. The highest BCUT2D eigenvalue weighted by molar-refractivity contribution is 6.23. The molecule has 13 rings (SSSR count). The molecule has 0 saturated carbocycles. The number of nitrogens with zero attached hydrogens (tertiary/aromatic N) is 2. The van der Waals surface area contributed by atoms with Gasteiger partial charge in [0.1, 0.15) is 0 Å². The van der Waals surface area contributed by atoms with E-state index in [9.17, 15) is 0 Å². The molecule has 0 saturated heterocycles. The summed E-state index contributed by atoms with van der Waals surface area (Å²) in [6.07, 6.45) is 0. The zero-order valence-electron chi connectivity index (χ0n) is 33.8. The molecule has 0 atom stereocenters. The maximum absolute atomic E-state index is 2.44. The van der Waals surface area contributed by atoms with E-state index in [-0.39, 0.29) is 0 Å². The van der Waals surface area contributed by atoms with Gasteiger partial charge in [0.15, 0.2) is 0 Å². The molecule has 0 spiro atoms. The van der Waals surface area contributed by atoms with Gasteiger partial charge < -0.3 is 9.13 Å². The number of aromatic nitrogens is 2. The molecule has 0 unspecified atom stereocenters. The fourth-order valence-corrected chi connectivity index (χ4v) is 10.3. The Morgan fingerprint density at radius 2 is 0.581 bits per heavy atom. The first-order valence-corrected chi connectivity index (χ1v) is 21.4. The van der Waals surface area contributed by atoms with E-state index in [2.05, 4.69) is 240 Å². The fraction of sp³-hybridized carbons (Fsp3) is 0. The standard InChI is InChI=1S/C60H38N2/c1-3-15-39(16-4-1)41-27-28-43-36-44(30-29-42(43)35-41)60-52-34-32-45(61-55-23-11-7-19-47(55)48-20-8-12-24-56(48)61)37-53(52)59(40-17-5-2-6-18-40)51-33-31-46(38-54(51)60)62-57-25-13-9-21-49(57)50-22-10-14-26-58(50)62/h1-38H. The highest BCUT2D eigenvalue weighted by Gasteiger charge is 2.21. The zero-order valence-corrected chi connectivity index (χ0v) is 33.8. The van der Waals surface area contributed by atoms with Crippen molar-refractivity contribution in [1.82, 2.24) is 9.13 Å². The lowest BCUT2D eigenvalue weighted by atomic mass is 9.85. The van der Waals surface area contributed by atoms with Crippen LogP contribution in [0.1, 0.15) is 0 Å². The summed E-state index contributed by atoms with van der Waals surface area (Å²) in [4.78, 5) is 0. The van der Waals surface area contributed by atoms with Gasteiger partial charge in [-0.15, -0.1) is 0 Å².